The second-order valence-corrected chi connectivity index (χ2v) is 4.70. The Labute approximate surface area is 114 Å². The molecule has 1 heterocycles. The third kappa shape index (κ3) is 3.22. The Morgan fingerprint density at radius 3 is 2.95 bits per heavy atom. The molecule has 1 aromatic rings. The van der Waals surface area contributed by atoms with Crippen LogP contribution in [0.2, 0.25) is 0 Å². The summed E-state index contributed by atoms with van der Waals surface area (Å²) in [4.78, 5) is 22.4. The molecule has 0 fully saturated rings. The van der Waals surface area contributed by atoms with Gasteiger partial charge in [-0.05, 0) is 32.6 Å². The van der Waals surface area contributed by atoms with Crippen LogP contribution in [0.1, 0.15) is 37.9 Å². The molecule has 1 aromatic heterocycles. The van der Waals surface area contributed by atoms with E-state index in [-0.39, 0.29) is 12.5 Å². The number of carbonyl (C=O) groups is 1. The van der Waals surface area contributed by atoms with Crippen molar-refractivity contribution in [1.29, 1.82) is 0 Å². The van der Waals surface area contributed by atoms with Gasteiger partial charge in [0.15, 0.2) is 0 Å². The van der Waals surface area contributed by atoms with E-state index >= 15 is 0 Å². The first kappa shape index (κ1) is 13.8. The molecule has 2 rings (SSSR count). The highest BCUT2D eigenvalue weighted by Gasteiger charge is 2.22. The lowest BCUT2D eigenvalue weighted by atomic mass is 10.2. The predicted octanol–water partition coefficient (Wildman–Crippen LogP) is 1.74. The average Bonchev–Trinajstić information content (AvgIpc) is 2.86. The molecule has 0 N–H and O–H groups in total. The Morgan fingerprint density at radius 2 is 2.21 bits per heavy atom. The van der Waals surface area contributed by atoms with Crippen molar-refractivity contribution < 1.29 is 9.53 Å². The van der Waals surface area contributed by atoms with Gasteiger partial charge in [-0.2, -0.15) is 0 Å². The number of nitrogens with zero attached hydrogens (tertiary/aromatic N) is 3. The van der Waals surface area contributed by atoms with E-state index in [1.54, 1.807) is 6.33 Å². The molecule has 0 unspecified atom stereocenters. The Bertz CT molecular complexity index is 448. The maximum Gasteiger partial charge on any atom is 0.325 e. The monoisotopic (exact) mass is 263 g/mol. The number of anilines is 1. The molecule has 0 saturated heterocycles. The zero-order valence-electron chi connectivity index (χ0n) is 11.7. The minimum atomic E-state index is -0.193. The highest BCUT2D eigenvalue weighted by atomic mass is 16.5. The highest BCUT2D eigenvalue weighted by Crippen LogP contribution is 2.27. The van der Waals surface area contributed by atoms with Gasteiger partial charge in [0.1, 0.15) is 18.7 Å². The van der Waals surface area contributed by atoms with Crippen LogP contribution in [0.25, 0.3) is 0 Å². The number of carbonyl (C=O) groups excluding carboxylic acids is 1. The van der Waals surface area contributed by atoms with Gasteiger partial charge in [-0.15, -0.1) is 0 Å². The molecule has 5 heteroatoms. The quantitative estimate of drug-likeness (QED) is 0.732. The van der Waals surface area contributed by atoms with Crippen LogP contribution in [0.15, 0.2) is 6.33 Å². The van der Waals surface area contributed by atoms with Gasteiger partial charge in [0.2, 0.25) is 0 Å². The van der Waals surface area contributed by atoms with Crippen molar-refractivity contribution in [2.75, 3.05) is 24.6 Å². The normalized spacial score (nSPS) is 13.2. The maximum atomic E-state index is 11.7. The topological polar surface area (TPSA) is 55.3 Å². The number of esters is 1. The minimum Gasteiger partial charge on any atom is -0.465 e. The van der Waals surface area contributed by atoms with E-state index in [0.29, 0.717) is 6.61 Å². The number of hydrogen-bond donors (Lipinski definition) is 0. The molecule has 1 aliphatic carbocycles. The third-order valence-corrected chi connectivity index (χ3v) is 3.27. The smallest absolute Gasteiger partial charge is 0.325 e. The first-order chi connectivity index (χ1) is 9.26. The molecule has 0 spiro atoms. The number of fused-ring (bicyclic) bond motifs is 1. The lowest BCUT2D eigenvalue weighted by Crippen LogP contribution is -2.33. The molecule has 104 valence electrons. The average molecular weight is 263 g/mol. The molecule has 5 nitrogen and oxygen atoms in total. The summed E-state index contributed by atoms with van der Waals surface area (Å²) in [5.41, 5.74) is 2.34. The third-order valence-electron chi connectivity index (χ3n) is 3.27. The van der Waals surface area contributed by atoms with Crippen LogP contribution in [0.4, 0.5) is 5.82 Å². The fraction of sp³-hybridized carbons (Fsp3) is 0.643. The van der Waals surface area contributed by atoms with Gasteiger partial charge in [-0.25, -0.2) is 9.97 Å². The summed E-state index contributed by atoms with van der Waals surface area (Å²) in [7, 11) is 0. The molecule has 0 aromatic carbocycles. The molecule has 0 saturated carbocycles. The van der Waals surface area contributed by atoms with E-state index in [4.69, 9.17) is 4.74 Å². The molecular formula is C14H21N3O2. The molecule has 1 aliphatic rings. The van der Waals surface area contributed by atoms with E-state index in [9.17, 15) is 4.79 Å². The van der Waals surface area contributed by atoms with Gasteiger partial charge in [-0.3, -0.25) is 4.79 Å². The second-order valence-electron chi connectivity index (χ2n) is 4.70. The zero-order chi connectivity index (χ0) is 13.7. The summed E-state index contributed by atoms with van der Waals surface area (Å²) in [5, 5.41) is 0. The fourth-order valence-corrected chi connectivity index (χ4v) is 2.51. The predicted molar refractivity (Wildman–Crippen MR) is 73.2 cm³/mol. The Kier molecular flexibility index (Phi) is 4.71. The van der Waals surface area contributed by atoms with Crippen LogP contribution >= 0.6 is 0 Å². The van der Waals surface area contributed by atoms with E-state index in [2.05, 4.69) is 16.9 Å². The highest BCUT2D eigenvalue weighted by molar-refractivity contribution is 5.75. The maximum absolute atomic E-state index is 11.7. The zero-order valence-corrected chi connectivity index (χ0v) is 11.7. The summed E-state index contributed by atoms with van der Waals surface area (Å²) in [6.45, 7) is 5.41. The van der Waals surface area contributed by atoms with Crippen molar-refractivity contribution >= 4 is 11.8 Å². The Hall–Kier alpha value is -1.65. The fourth-order valence-electron chi connectivity index (χ4n) is 2.51. The number of hydrogen-bond acceptors (Lipinski definition) is 5. The molecule has 0 bridgehead atoms. The van der Waals surface area contributed by atoms with Gasteiger partial charge in [0.05, 0.1) is 6.61 Å². The largest absolute Gasteiger partial charge is 0.465 e. The number of ether oxygens (including phenoxy) is 1. The van der Waals surface area contributed by atoms with Crippen LogP contribution in [0.5, 0.6) is 0 Å². The van der Waals surface area contributed by atoms with Gasteiger partial charge in [-0.1, -0.05) is 6.92 Å². The van der Waals surface area contributed by atoms with E-state index in [1.165, 1.54) is 5.56 Å². The summed E-state index contributed by atoms with van der Waals surface area (Å²) in [5.74, 6) is 0.721. The molecular weight excluding hydrogens is 242 g/mol. The van der Waals surface area contributed by atoms with Crippen LogP contribution in [0, 0.1) is 0 Å². The Morgan fingerprint density at radius 1 is 1.37 bits per heavy atom. The molecule has 19 heavy (non-hydrogen) atoms. The van der Waals surface area contributed by atoms with Gasteiger partial charge in [0.25, 0.3) is 0 Å². The van der Waals surface area contributed by atoms with Gasteiger partial charge >= 0.3 is 5.97 Å². The number of aryl methyl sites for hydroxylation is 1. The lowest BCUT2D eigenvalue weighted by molar-refractivity contribution is -0.141. The van der Waals surface area contributed by atoms with Crippen molar-refractivity contribution in [1.82, 2.24) is 9.97 Å². The minimum absolute atomic E-state index is 0.193. The SMILES string of the molecule is CCCN(CC(=O)OCC)c1ncnc2c1CCC2. The van der Waals surface area contributed by atoms with Crippen molar-refractivity contribution in [3.63, 3.8) is 0 Å². The molecule has 0 atom stereocenters. The van der Waals surface area contributed by atoms with Crippen LogP contribution < -0.4 is 4.90 Å². The summed E-state index contributed by atoms with van der Waals surface area (Å²) >= 11 is 0. The molecule has 0 aliphatic heterocycles. The van der Waals surface area contributed by atoms with Gasteiger partial charge in [0, 0.05) is 17.8 Å². The van der Waals surface area contributed by atoms with Crippen molar-refractivity contribution in [3.8, 4) is 0 Å². The summed E-state index contributed by atoms with van der Waals surface area (Å²) in [6.07, 6.45) is 5.73. The lowest BCUT2D eigenvalue weighted by Gasteiger charge is -2.24. The standard InChI is InChI=1S/C14H21N3O2/c1-3-8-17(9-13(18)19-4-2)14-11-6-5-7-12(11)15-10-16-14/h10H,3-9H2,1-2H3. The van der Waals surface area contributed by atoms with Crippen molar-refractivity contribution in [3.05, 3.63) is 17.6 Å². The first-order valence-electron chi connectivity index (χ1n) is 6.99. The molecule has 0 amide bonds. The van der Waals surface area contributed by atoms with Gasteiger partial charge < -0.3 is 9.64 Å². The van der Waals surface area contributed by atoms with E-state index < -0.39 is 0 Å². The summed E-state index contributed by atoms with van der Waals surface area (Å²) in [6, 6.07) is 0. The van der Waals surface area contributed by atoms with Crippen LogP contribution in [-0.4, -0.2) is 35.6 Å². The summed E-state index contributed by atoms with van der Waals surface area (Å²) < 4.78 is 5.04. The first-order valence-corrected chi connectivity index (χ1v) is 6.99. The van der Waals surface area contributed by atoms with Crippen molar-refractivity contribution in [2.24, 2.45) is 0 Å². The van der Waals surface area contributed by atoms with Crippen LogP contribution in [-0.2, 0) is 22.4 Å². The second kappa shape index (κ2) is 6.50. The van der Waals surface area contributed by atoms with Crippen LogP contribution in [0.3, 0.4) is 0 Å². The number of aromatic nitrogens is 2. The van der Waals surface area contributed by atoms with E-state index in [1.807, 2.05) is 11.8 Å². The number of rotatable bonds is 6. The Balaban J connectivity index is 2.19. The van der Waals surface area contributed by atoms with E-state index in [0.717, 1.165) is 43.7 Å². The van der Waals surface area contributed by atoms with Crippen molar-refractivity contribution in [2.45, 2.75) is 39.5 Å². The molecule has 0 radical (unpaired) electrons.